The summed E-state index contributed by atoms with van der Waals surface area (Å²) in [7, 11) is 0. The predicted octanol–water partition coefficient (Wildman–Crippen LogP) is 4.38. The zero-order chi connectivity index (χ0) is 22.9. The first-order chi connectivity index (χ1) is 16.0. The Bertz CT molecular complexity index is 1270. The van der Waals surface area contributed by atoms with Crippen LogP contribution in [0.5, 0.6) is 0 Å². The highest BCUT2D eigenvalue weighted by Gasteiger charge is 2.29. The van der Waals surface area contributed by atoms with Crippen molar-refractivity contribution in [1.82, 2.24) is 19.2 Å². The molecule has 1 amide bonds. The molecule has 4 aromatic rings. The molecule has 0 saturated carbocycles. The SMILES string of the molecule is Cc1cccc(-n2nc(C)c(C(=O)N3CCN(c4ccc(F)cc4)CC3)c2-n2cccc2)c1. The number of carbonyl (C=O) groups excluding carboxylic acids is 1. The minimum atomic E-state index is -0.244. The standard InChI is InChI=1S/C26H26FN5O/c1-19-6-5-7-23(18-19)32-25(30-12-3-4-13-30)24(20(2)28-32)26(33)31-16-14-29(15-17-31)22-10-8-21(27)9-11-22/h3-13,18H,14-17H2,1-2H3. The van der Waals surface area contributed by atoms with E-state index in [1.807, 2.05) is 70.7 Å². The largest absolute Gasteiger partial charge is 0.368 e. The van der Waals surface area contributed by atoms with Crippen LogP contribution in [0.4, 0.5) is 10.1 Å². The summed E-state index contributed by atoms with van der Waals surface area (Å²) >= 11 is 0. The highest BCUT2D eigenvalue weighted by atomic mass is 19.1. The quantitative estimate of drug-likeness (QED) is 0.470. The molecule has 3 heterocycles. The molecule has 168 valence electrons. The van der Waals surface area contributed by atoms with Crippen molar-refractivity contribution in [3.63, 3.8) is 0 Å². The van der Waals surface area contributed by atoms with Gasteiger partial charge in [-0.15, -0.1) is 0 Å². The van der Waals surface area contributed by atoms with Gasteiger partial charge in [0.2, 0.25) is 0 Å². The zero-order valence-corrected chi connectivity index (χ0v) is 18.8. The van der Waals surface area contributed by atoms with E-state index in [0.29, 0.717) is 37.4 Å². The fourth-order valence-corrected chi connectivity index (χ4v) is 4.40. The Hall–Kier alpha value is -3.87. The Balaban J connectivity index is 1.45. The molecule has 0 unspecified atom stereocenters. The number of rotatable bonds is 4. The van der Waals surface area contributed by atoms with E-state index in [4.69, 9.17) is 5.10 Å². The van der Waals surface area contributed by atoms with Gasteiger partial charge in [0.1, 0.15) is 11.4 Å². The number of anilines is 1. The van der Waals surface area contributed by atoms with E-state index in [-0.39, 0.29) is 11.7 Å². The molecule has 1 aliphatic heterocycles. The summed E-state index contributed by atoms with van der Waals surface area (Å²) in [5, 5.41) is 4.77. The summed E-state index contributed by atoms with van der Waals surface area (Å²) in [6, 6.07) is 18.5. The number of carbonyl (C=O) groups is 1. The van der Waals surface area contributed by atoms with Gasteiger partial charge in [-0.3, -0.25) is 4.79 Å². The number of halogens is 1. The molecule has 2 aromatic carbocycles. The van der Waals surface area contributed by atoms with Crippen LogP contribution in [0, 0.1) is 19.7 Å². The zero-order valence-electron chi connectivity index (χ0n) is 18.8. The lowest BCUT2D eigenvalue weighted by molar-refractivity contribution is 0.0746. The van der Waals surface area contributed by atoms with Crippen LogP contribution < -0.4 is 4.90 Å². The van der Waals surface area contributed by atoms with Gasteiger partial charge < -0.3 is 14.4 Å². The van der Waals surface area contributed by atoms with Crippen molar-refractivity contribution in [1.29, 1.82) is 0 Å². The van der Waals surface area contributed by atoms with Gasteiger partial charge in [-0.1, -0.05) is 12.1 Å². The Morgan fingerprint density at radius 2 is 1.58 bits per heavy atom. The van der Waals surface area contributed by atoms with E-state index in [2.05, 4.69) is 11.0 Å². The third-order valence-corrected chi connectivity index (χ3v) is 6.10. The molecule has 0 aliphatic carbocycles. The molecule has 0 radical (unpaired) electrons. The number of aromatic nitrogens is 3. The maximum Gasteiger partial charge on any atom is 0.259 e. The van der Waals surface area contributed by atoms with E-state index in [1.54, 1.807) is 12.1 Å². The van der Waals surface area contributed by atoms with Crippen LogP contribution in [0.2, 0.25) is 0 Å². The van der Waals surface area contributed by atoms with E-state index in [0.717, 1.165) is 22.8 Å². The number of piperazine rings is 1. The number of benzene rings is 2. The molecule has 1 fully saturated rings. The first-order valence-corrected chi connectivity index (χ1v) is 11.1. The Morgan fingerprint density at radius 3 is 2.24 bits per heavy atom. The molecule has 5 rings (SSSR count). The molecule has 7 heteroatoms. The van der Waals surface area contributed by atoms with Gasteiger partial charge in [0, 0.05) is 44.3 Å². The fraction of sp³-hybridized carbons (Fsp3) is 0.231. The summed E-state index contributed by atoms with van der Waals surface area (Å²) in [4.78, 5) is 17.8. The van der Waals surface area contributed by atoms with Crippen LogP contribution in [0.3, 0.4) is 0 Å². The molecule has 1 aliphatic rings. The average Bonchev–Trinajstić information content (AvgIpc) is 3.47. The van der Waals surface area contributed by atoms with Gasteiger partial charge in [0.25, 0.3) is 5.91 Å². The van der Waals surface area contributed by atoms with Crippen molar-refractivity contribution < 1.29 is 9.18 Å². The summed E-state index contributed by atoms with van der Waals surface area (Å²) < 4.78 is 17.1. The van der Waals surface area contributed by atoms with Gasteiger partial charge >= 0.3 is 0 Å². The van der Waals surface area contributed by atoms with Crippen LogP contribution in [0.25, 0.3) is 11.5 Å². The number of hydrogen-bond acceptors (Lipinski definition) is 3. The average molecular weight is 444 g/mol. The second-order valence-corrected chi connectivity index (χ2v) is 8.38. The van der Waals surface area contributed by atoms with E-state index in [9.17, 15) is 9.18 Å². The highest BCUT2D eigenvalue weighted by Crippen LogP contribution is 2.26. The first-order valence-electron chi connectivity index (χ1n) is 11.1. The number of nitrogens with zero attached hydrogens (tertiary/aromatic N) is 5. The first kappa shape index (κ1) is 21.0. The molecule has 0 spiro atoms. The molecule has 0 bridgehead atoms. The van der Waals surface area contributed by atoms with Crippen LogP contribution in [0.1, 0.15) is 21.6 Å². The van der Waals surface area contributed by atoms with Crippen molar-refractivity contribution in [2.24, 2.45) is 0 Å². The lowest BCUT2D eigenvalue weighted by Gasteiger charge is -2.36. The minimum absolute atomic E-state index is 0.0196. The Labute approximate surface area is 192 Å². The van der Waals surface area contributed by atoms with Crippen LogP contribution >= 0.6 is 0 Å². The van der Waals surface area contributed by atoms with Crippen LogP contribution in [-0.4, -0.2) is 51.3 Å². The molecule has 2 aromatic heterocycles. The van der Waals surface area contributed by atoms with Gasteiger partial charge in [0.05, 0.1) is 11.4 Å². The van der Waals surface area contributed by atoms with Crippen molar-refractivity contribution in [2.45, 2.75) is 13.8 Å². The number of amides is 1. The number of aryl methyl sites for hydroxylation is 2. The van der Waals surface area contributed by atoms with Crippen LogP contribution in [-0.2, 0) is 0 Å². The van der Waals surface area contributed by atoms with Gasteiger partial charge in [-0.2, -0.15) is 5.10 Å². The van der Waals surface area contributed by atoms with Crippen molar-refractivity contribution in [3.8, 4) is 11.5 Å². The second-order valence-electron chi connectivity index (χ2n) is 8.38. The van der Waals surface area contributed by atoms with Crippen molar-refractivity contribution in [2.75, 3.05) is 31.1 Å². The molecular formula is C26H26FN5O. The lowest BCUT2D eigenvalue weighted by Crippen LogP contribution is -2.49. The minimum Gasteiger partial charge on any atom is -0.368 e. The van der Waals surface area contributed by atoms with E-state index < -0.39 is 0 Å². The summed E-state index contributed by atoms with van der Waals surface area (Å²) in [5.41, 5.74) is 4.33. The van der Waals surface area contributed by atoms with Gasteiger partial charge in [-0.25, -0.2) is 9.07 Å². The second kappa shape index (κ2) is 8.58. The van der Waals surface area contributed by atoms with Gasteiger partial charge in [0.15, 0.2) is 5.82 Å². The molecule has 0 N–H and O–H groups in total. The molecule has 1 saturated heterocycles. The monoisotopic (exact) mass is 443 g/mol. The number of hydrogen-bond donors (Lipinski definition) is 0. The van der Waals surface area contributed by atoms with E-state index in [1.165, 1.54) is 12.1 Å². The summed E-state index contributed by atoms with van der Waals surface area (Å²) in [6.07, 6.45) is 3.87. The smallest absolute Gasteiger partial charge is 0.259 e. The third-order valence-electron chi connectivity index (χ3n) is 6.10. The maximum absolute atomic E-state index is 13.7. The normalized spacial score (nSPS) is 14.0. The fourth-order valence-electron chi connectivity index (χ4n) is 4.40. The highest BCUT2D eigenvalue weighted by molar-refractivity contribution is 5.99. The third kappa shape index (κ3) is 4.02. The Morgan fingerprint density at radius 1 is 0.879 bits per heavy atom. The van der Waals surface area contributed by atoms with Gasteiger partial charge in [-0.05, 0) is 67.9 Å². The van der Waals surface area contributed by atoms with Crippen LogP contribution in [0.15, 0.2) is 73.1 Å². The molecule has 33 heavy (non-hydrogen) atoms. The van der Waals surface area contributed by atoms with Crippen molar-refractivity contribution in [3.05, 3.63) is 95.7 Å². The summed E-state index contributed by atoms with van der Waals surface area (Å²) in [6.45, 7) is 6.51. The maximum atomic E-state index is 13.7. The summed E-state index contributed by atoms with van der Waals surface area (Å²) in [5.74, 6) is 0.481. The Kier molecular flexibility index (Phi) is 5.46. The molecule has 0 atom stereocenters. The van der Waals surface area contributed by atoms with Crippen molar-refractivity contribution >= 4 is 11.6 Å². The molecular weight excluding hydrogens is 417 g/mol. The lowest BCUT2D eigenvalue weighted by atomic mass is 10.1. The van der Waals surface area contributed by atoms with E-state index >= 15 is 0 Å². The topological polar surface area (TPSA) is 46.3 Å². The molecule has 6 nitrogen and oxygen atoms in total. The predicted molar refractivity (Wildman–Crippen MR) is 127 cm³/mol.